The largest absolute Gasteiger partial charge is 0.377 e. The van der Waals surface area contributed by atoms with Gasteiger partial charge < -0.3 is 10.1 Å². The summed E-state index contributed by atoms with van der Waals surface area (Å²) in [6.07, 6.45) is 0.177. The van der Waals surface area contributed by atoms with Crippen molar-refractivity contribution in [1.29, 1.82) is 0 Å². The summed E-state index contributed by atoms with van der Waals surface area (Å²) in [6.45, 7) is 4.50. The highest BCUT2D eigenvalue weighted by Crippen LogP contribution is 2.21. The van der Waals surface area contributed by atoms with Crippen molar-refractivity contribution in [3.8, 4) is 0 Å². The molecule has 2 nitrogen and oxygen atoms in total. The fourth-order valence-electron chi connectivity index (χ4n) is 1.36. The normalized spacial score (nSPS) is 13.1. The average molecular weight is 290 g/mol. The predicted octanol–water partition coefficient (Wildman–Crippen LogP) is 3.27. The van der Waals surface area contributed by atoms with Crippen LogP contribution in [0.5, 0.6) is 0 Å². The molecular formula is C12H17BrFNO. The molecule has 0 aromatic heterocycles. The van der Waals surface area contributed by atoms with E-state index in [1.54, 1.807) is 6.07 Å². The van der Waals surface area contributed by atoms with E-state index in [0.717, 1.165) is 5.56 Å². The molecule has 0 saturated carbocycles. The first-order chi connectivity index (χ1) is 7.54. The van der Waals surface area contributed by atoms with E-state index in [-0.39, 0.29) is 18.0 Å². The second-order valence-electron chi connectivity index (χ2n) is 3.90. The van der Waals surface area contributed by atoms with Gasteiger partial charge in [0.2, 0.25) is 0 Å². The Bertz CT molecular complexity index is 344. The zero-order chi connectivity index (χ0) is 12.1. The number of halogens is 2. The monoisotopic (exact) mass is 289 g/mol. The van der Waals surface area contributed by atoms with Gasteiger partial charge >= 0.3 is 0 Å². The summed E-state index contributed by atoms with van der Waals surface area (Å²) < 4.78 is 19.4. The van der Waals surface area contributed by atoms with E-state index < -0.39 is 0 Å². The van der Waals surface area contributed by atoms with E-state index in [1.807, 2.05) is 27.0 Å². The van der Waals surface area contributed by atoms with Crippen molar-refractivity contribution in [3.63, 3.8) is 0 Å². The maximum absolute atomic E-state index is 13.4. The number of hydrogen-bond acceptors (Lipinski definition) is 2. The second kappa shape index (κ2) is 6.33. The third-order valence-electron chi connectivity index (χ3n) is 2.29. The Kier molecular flexibility index (Phi) is 5.38. The van der Waals surface area contributed by atoms with Crippen LogP contribution in [0, 0.1) is 5.82 Å². The van der Waals surface area contributed by atoms with E-state index in [1.165, 1.54) is 6.07 Å². The molecule has 1 atom stereocenters. The molecule has 1 aromatic rings. The van der Waals surface area contributed by atoms with Gasteiger partial charge in [0, 0.05) is 0 Å². The van der Waals surface area contributed by atoms with Gasteiger partial charge in [-0.05, 0) is 54.5 Å². The topological polar surface area (TPSA) is 21.3 Å². The van der Waals surface area contributed by atoms with E-state index in [0.29, 0.717) is 11.1 Å². The van der Waals surface area contributed by atoms with Crippen LogP contribution in [0.25, 0.3) is 0 Å². The van der Waals surface area contributed by atoms with Crippen LogP contribution in [0.3, 0.4) is 0 Å². The smallest absolute Gasteiger partial charge is 0.137 e. The minimum absolute atomic E-state index is 0.0185. The van der Waals surface area contributed by atoms with Gasteiger partial charge in [-0.15, -0.1) is 0 Å². The molecule has 0 fully saturated rings. The first-order valence-electron chi connectivity index (χ1n) is 5.28. The number of nitrogens with one attached hydrogen (secondary N) is 1. The van der Waals surface area contributed by atoms with Crippen LogP contribution in [0.1, 0.15) is 25.5 Å². The third-order valence-corrected chi connectivity index (χ3v) is 2.93. The van der Waals surface area contributed by atoms with Gasteiger partial charge in [-0.2, -0.15) is 0 Å². The first-order valence-corrected chi connectivity index (χ1v) is 6.07. The molecule has 1 aromatic carbocycles. The van der Waals surface area contributed by atoms with Gasteiger partial charge in [0.15, 0.2) is 0 Å². The maximum atomic E-state index is 13.4. The highest BCUT2D eigenvalue weighted by Gasteiger charge is 2.12. The Morgan fingerprint density at radius 3 is 2.62 bits per heavy atom. The fourth-order valence-corrected chi connectivity index (χ4v) is 1.61. The summed E-state index contributed by atoms with van der Waals surface area (Å²) in [7, 11) is 1.84. The molecule has 0 aliphatic heterocycles. The first kappa shape index (κ1) is 13.6. The number of likely N-dealkylation sites (N-methyl/N-ethyl adjacent to an activating group) is 1. The number of hydrogen-bond donors (Lipinski definition) is 1. The number of rotatable bonds is 5. The molecule has 0 spiro atoms. The Morgan fingerprint density at radius 2 is 2.12 bits per heavy atom. The van der Waals surface area contributed by atoms with Gasteiger partial charge in [0.25, 0.3) is 0 Å². The molecule has 0 radical (unpaired) electrons. The minimum atomic E-state index is -0.248. The van der Waals surface area contributed by atoms with Crippen molar-refractivity contribution in [2.45, 2.75) is 26.0 Å². The second-order valence-corrected chi connectivity index (χ2v) is 4.75. The Hall–Kier alpha value is -0.450. The van der Waals surface area contributed by atoms with Gasteiger partial charge in [0.1, 0.15) is 5.82 Å². The average Bonchev–Trinajstić information content (AvgIpc) is 2.23. The molecule has 4 heteroatoms. The van der Waals surface area contributed by atoms with Crippen molar-refractivity contribution >= 4 is 15.9 Å². The standard InChI is InChI=1S/C12H17BrFNO/c1-8(2)16-7-12(15-3)9-4-5-10(13)11(14)6-9/h4-6,8,12,15H,7H2,1-3H3. The molecule has 1 unspecified atom stereocenters. The summed E-state index contributed by atoms with van der Waals surface area (Å²) in [6, 6.07) is 5.14. The Balaban J connectivity index is 2.74. The summed E-state index contributed by atoms with van der Waals surface area (Å²) in [4.78, 5) is 0. The molecule has 0 bridgehead atoms. The zero-order valence-corrected chi connectivity index (χ0v) is 11.3. The Labute approximate surface area is 104 Å². The molecule has 0 amide bonds. The van der Waals surface area contributed by atoms with E-state index in [9.17, 15) is 4.39 Å². The lowest BCUT2D eigenvalue weighted by molar-refractivity contribution is 0.0626. The van der Waals surface area contributed by atoms with E-state index >= 15 is 0 Å². The van der Waals surface area contributed by atoms with Crippen LogP contribution in [-0.4, -0.2) is 19.8 Å². The van der Waals surface area contributed by atoms with Crippen LogP contribution in [0.4, 0.5) is 4.39 Å². The van der Waals surface area contributed by atoms with Crippen LogP contribution in [0.2, 0.25) is 0 Å². The van der Waals surface area contributed by atoms with Crippen molar-refractivity contribution in [3.05, 3.63) is 34.1 Å². The highest BCUT2D eigenvalue weighted by molar-refractivity contribution is 9.10. The summed E-state index contributed by atoms with van der Waals surface area (Å²) in [5.74, 6) is -0.248. The molecule has 0 aliphatic carbocycles. The van der Waals surface area contributed by atoms with Crippen molar-refractivity contribution in [2.75, 3.05) is 13.7 Å². The van der Waals surface area contributed by atoms with Crippen LogP contribution in [-0.2, 0) is 4.74 Å². The van der Waals surface area contributed by atoms with Crippen LogP contribution in [0.15, 0.2) is 22.7 Å². The lowest BCUT2D eigenvalue weighted by Crippen LogP contribution is -2.23. The van der Waals surface area contributed by atoms with Gasteiger partial charge in [0.05, 0.1) is 23.2 Å². The summed E-state index contributed by atoms with van der Waals surface area (Å²) >= 11 is 3.14. The van der Waals surface area contributed by atoms with Crippen molar-refractivity contribution in [1.82, 2.24) is 5.32 Å². The highest BCUT2D eigenvalue weighted by atomic mass is 79.9. The maximum Gasteiger partial charge on any atom is 0.137 e. The molecule has 0 saturated heterocycles. The quantitative estimate of drug-likeness (QED) is 0.898. The molecule has 16 heavy (non-hydrogen) atoms. The zero-order valence-electron chi connectivity index (χ0n) is 9.76. The third kappa shape index (κ3) is 3.85. The number of benzene rings is 1. The van der Waals surface area contributed by atoms with Gasteiger partial charge in [-0.3, -0.25) is 0 Å². The summed E-state index contributed by atoms with van der Waals surface area (Å²) in [5, 5.41) is 3.11. The lowest BCUT2D eigenvalue weighted by atomic mass is 10.1. The van der Waals surface area contributed by atoms with Gasteiger partial charge in [-0.1, -0.05) is 6.07 Å². The van der Waals surface area contributed by atoms with Crippen LogP contribution < -0.4 is 5.32 Å². The molecule has 0 heterocycles. The van der Waals surface area contributed by atoms with Crippen molar-refractivity contribution in [2.24, 2.45) is 0 Å². The molecule has 1 rings (SSSR count). The molecular weight excluding hydrogens is 273 g/mol. The minimum Gasteiger partial charge on any atom is -0.377 e. The Morgan fingerprint density at radius 1 is 1.44 bits per heavy atom. The summed E-state index contributed by atoms with van der Waals surface area (Å²) in [5.41, 5.74) is 0.892. The molecule has 0 aliphatic rings. The predicted molar refractivity (Wildman–Crippen MR) is 67.0 cm³/mol. The fraction of sp³-hybridized carbons (Fsp3) is 0.500. The number of ether oxygens (including phenoxy) is 1. The lowest BCUT2D eigenvalue weighted by Gasteiger charge is -2.18. The van der Waals surface area contributed by atoms with E-state index in [4.69, 9.17) is 4.74 Å². The SMILES string of the molecule is CNC(COC(C)C)c1ccc(Br)c(F)c1. The molecule has 90 valence electrons. The van der Waals surface area contributed by atoms with Gasteiger partial charge in [-0.25, -0.2) is 4.39 Å². The van der Waals surface area contributed by atoms with Crippen LogP contribution >= 0.6 is 15.9 Å². The van der Waals surface area contributed by atoms with Crippen molar-refractivity contribution < 1.29 is 9.13 Å². The molecule has 1 N–H and O–H groups in total. The van der Waals surface area contributed by atoms with E-state index in [2.05, 4.69) is 21.2 Å².